The molecule has 1 aromatic carbocycles. The molecule has 110 valence electrons. The second-order valence-electron chi connectivity index (χ2n) is 6.86. The van der Waals surface area contributed by atoms with E-state index in [0.717, 1.165) is 24.9 Å². The van der Waals surface area contributed by atoms with Gasteiger partial charge in [-0.05, 0) is 55.1 Å². The molecule has 1 aliphatic heterocycles. The highest BCUT2D eigenvalue weighted by Crippen LogP contribution is 2.30. The lowest BCUT2D eigenvalue weighted by Gasteiger charge is -2.33. The highest BCUT2D eigenvalue weighted by atomic mass is 14.9. The number of hydrogen-bond donors (Lipinski definition) is 2. The van der Waals surface area contributed by atoms with E-state index in [1.165, 1.54) is 48.9 Å². The summed E-state index contributed by atoms with van der Waals surface area (Å²) < 4.78 is 0. The lowest BCUT2D eigenvalue weighted by Crippen LogP contribution is -2.38. The van der Waals surface area contributed by atoms with Gasteiger partial charge >= 0.3 is 0 Å². The molecular formula is C18H28N2. The van der Waals surface area contributed by atoms with Gasteiger partial charge in [-0.15, -0.1) is 0 Å². The first-order valence-corrected chi connectivity index (χ1v) is 8.32. The Labute approximate surface area is 123 Å². The summed E-state index contributed by atoms with van der Waals surface area (Å²) in [7, 11) is 0. The van der Waals surface area contributed by atoms with Gasteiger partial charge in [-0.3, -0.25) is 0 Å². The molecule has 1 aromatic rings. The summed E-state index contributed by atoms with van der Waals surface area (Å²) >= 11 is 0. The van der Waals surface area contributed by atoms with Gasteiger partial charge in [-0.1, -0.05) is 32.0 Å². The van der Waals surface area contributed by atoms with Gasteiger partial charge in [0.15, 0.2) is 0 Å². The lowest BCUT2D eigenvalue weighted by atomic mass is 9.80. The van der Waals surface area contributed by atoms with Crippen molar-refractivity contribution in [1.82, 2.24) is 5.32 Å². The Balaban J connectivity index is 1.64. The van der Waals surface area contributed by atoms with E-state index in [2.05, 4.69) is 42.7 Å². The molecule has 1 aliphatic carbocycles. The zero-order chi connectivity index (χ0) is 13.9. The maximum absolute atomic E-state index is 3.82. The summed E-state index contributed by atoms with van der Waals surface area (Å²) in [5.41, 5.74) is 4.36. The molecule has 2 N–H and O–H groups in total. The van der Waals surface area contributed by atoms with Crippen molar-refractivity contribution in [3.63, 3.8) is 0 Å². The molecule has 3 unspecified atom stereocenters. The van der Waals surface area contributed by atoms with Crippen LogP contribution in [0.25, 0.3) is 0 Å². The van der Waals surface area contributed by atoms with Gasteiger partial charge in [0.2, 0.25) is 0 Å². The normalized spacial score (nSPS) is 29.6. The molecule has 1 heterocycles. The molecule has 1 saturated carbocycles. The molecule has 2 nitrogen and oxygen atoms in total. The molecule has 20 heavy (non-hydrogen) atoms. The van der Waals surface area contributed by atoms with Crippen LogP contribution in [0.15, 0.2) is 18.2 Å². The van der Waals surface area contributed by atoms with E-state index in [0.29, 0.717) is 6.04 Å². The molecule has 0 aromatic heterocycles. The summed E-state index contributed by atoms with van der Waals surface area (Å²) in [6.45, 7) is 6.94. The van der Waals surface area contributed by atoms with Crippen LogP contribution in [0.2, 0.25) is 0 Å². The van der Waals surface area contributed by atoms with Crippen LogP contribution in [0, 0.1) is 11.8 Å². The van der Waals surface area contributed by atoms with Gasteiger partial charge < -0.3 is 10.6 Å². The largest absolute Gasteiger partial charge is 0.385 e. The third-order valence-electron chi connectivity index (χ3n) is 5.15. The van der Waals surface area contributed by atoms with E-state index in [4.69, 9.17) is 0 Å². The zero-order valence-corrected chi connectivity index (χ0v) is 12.9. The van der Waals surface area contributed by atoms with Crippen molar-refractivity contribution in [3.05, 3.63) is 29.3 Å². The molecule has 2 heteroatoms. The van der Waals surface area contributed by atoms with Gasteiger partial charge in [0, 0.05) is 24.8 Å². The number of fused-ring (bicyclic) bond motifs is 1. The third kappa shape index (κ3) is 3.01. The number of rotatable bonds is 3. The fourth-order valence-electron chi connectivity index (χ4n) is 3.94. The van der Waals surface area contributed by atoms with Crippen LogP contribution < -0.4 is 10.6 Å². The number of para-hydroxylation sites is 1. The van der Waals surface area contributed by atoms with Crippen LogP contribution >= 0.6 is 0 Å². The first kappa shape index (κ1) is 13.9. The topological polar surface area (TPSA) is 24.1 Å². The van der Waals surface area contributed by atoms with E-state index < -0.39 is 0 Å². The fraction of sp³-hybridized carbons (Fsp3) is 0.667. The lowest BCUT2D eigenvalue weighted by molar-refractivity contribution is 0.227. The van der Waals surface area contributed by atoms with Gasteiger partial charge in [0.25, 0.3) is 0 Å². The minimum atomic E-state index is 0.700. The van der Waals surface area contributed by atoms with Gasteiger partial charge in [0.05, 0.1) is 0 Å². The van der Waals surface area contributed by atoms with Crippen molar-refractivity contribution in [1.29, 1.82) is 0 Å². The van der Waals surface area contributed by atoms with E-state index in [1.54, 1.807) is 0 Å². The minimum absolute atomic E-state index is 0.700. The van der Waals surface area contributed by atoms with Crippen LogP contribution in [0.3, 0.4) is 0 Å². The van der Waals surface area contributed by atoms with Crippen molar-refractivity contribution >= 4 is 5.69 Å². The van der Waals surface area contributed by atoms with Crippen molar-refractivity contribution in [3.8, 4) is 0 Å². The highest BCUT2D eigenvalue weighted by Gasteiger charge is 2.25. The van der Waals surface area contributed by atoms with Gasteiger partial charge in [-0.2, -0.15) is 0 Å². The predicted molar refractivity (Wildman–Crippen MR) is 86.1 cm³/mol. The molecule has 0 amide bonds. The minimum Gasteiger partial charge on any atom is -0.385 e. The van der Waals surface area contributed by atoms with Gasteiger partial charge in [-0.25, -0.2) is 0 Å². The summed E-state index contributed by atoms with van der Waals surface area (Å²) in [4.78, 5) is 0. The second kappa shape index (κ2) is 6.17. The first-order chi connectivity index (χ1) is 9.74. The molecule has 0 radical (unpaired) electrons. The number of anilines is 1. The van der Waals surface area contributed by atoms with E-state index >= 15 is 0 Å². The van der Waals surface area contributed by atoms with E-state index in [-0.39, 0.29) is 0 Å². The maximum Gasteiger partial charge on any atom is 0.0418 e. The molecule has 3 atom stereocenters. The standard InChI is InChI=1S/C18H28N2/c1-13-8-9-17(14(2)11-13)20-12-16-6-3-5-15-7-4-10-19-18(15)16/h3,5-6,13-14,17,19-20H,4,7-12H2,1-2H3. The molecular weight excluding hydrogens is 244 g/mol. The smallest absolute Gasteiger partial charge is 0.0418 e. The predicted octanol–water partition coefficient (Wildman–Crippen LogP) is 3.96. The van der Waals surface area contributed by atoms with Gasteiger partial charge in [0.1, 0.15) is 0 Å². The maximum atomic E-state index is 3.82. The Bertz CT molecular complexity index is 455. The molecule has 0 spiro atoms. The Hall–Kier alpha value is -1.02. The monoisotopic (exact) mass is 272 g/mol. The van der Waals surface area contributed by atoms with Crippen molar-refractivity contribution in [2.75, 3.05) is 11.9 Å². The Morgan fingerprint density at radius 1 is 1.25 bits per heavy atom. The Morgan fingerprint density at radius 3 is 3.00 bits per heavy atom. The van der Waals surface area contributed by atoms with Crippen molar-refractivity contribution in [2.24, 2.45) is 11.8 Å². The molecule has 0 bridgehead atoms. The molecule has 2 aliphatic rings. The molecule has 0 saturated heterocycles. The van der Waals surface area contributed by atoms with Crippen LogP contribution in [0.5, 0.6) is 0 Å². The van der Waals surface area contributed by atoms with Crippen molar-refractivity contribution < 1.29 is 0 Å². The van der Waals surface area contributed by atoms with Crippen LogP contribution in [0.4, 0.5) is 5.69 Å². The highest BCUT2D eigenvalue weighted by molar-refractivity contribution is 5.59. The van der Waals surface area contributed by atoms with E-state index in [1.807, 2.05) is 0 Å². The molecule has 3 rings (SSSR count). The number of benzene rings is 1. The average Bonchev–Trinajstić information content (AvgIpc) is 2.46. The van der Waals surface area contributed by atoms with Crippen LogP contribution in [-0.4, -0.2) is 12.6 Å². The summed E-state index contributed by atoms with van der Waals surface area (Å²) in [6, 6.07) is 7.47. The number of nitrogens with one attached hydrogen (secondary N) is 2. The Morgan fingerprint density at radius 2 is 2.15 bits per heavy atom. The Kier molecular flexibility index (Phi) is 4.30. The quantitative estimate of drug-likeness (QED) is 0.870. The van der Waals surface area contributed by atoms with E-state index in [9.17, 15) is 0 Å². The number of hydrogen-bond acceptors (Lipinski definition) is 2. The summed E-state index contributed by atoms with van der Waals surface area (Å²) in [6.07, 6.45) is 6.59. The van der Waals surface area contributed by atoms with Crippen molar-refractivity contribution in [2.45, 2.75) is 58.5 Å². The van der Waals surface area contributed by atoms with Crippen LogP contribution in [-0.2, 0) is 13.0 Å². The first-order valence-electron chi connectivity index (χ1n) is 8.32. The SMILES string of the molecule is CC1CCC(NCc2cccc3c2NCCC3)C(C)C1. The third-order valence-corrected chi connectivity index (χ3v) is 5.15. The fourth-order valence-corrected chi connectivity index (χ4v) is 3.94. The van der Waals surface area contributed by atoms with Crippen LogP contribution in [0.1, 0.15) is 50.7 Å². The number of aryl methyl sites for hydroxylation is 1. The zero-order valence-electron chi connectivity index (χ0n) is 12.9. The molecule has 1 fully saturated rings. The second-order valence-corrected chi connectivity index (χ2v) is 6.86. The average molecular weight is 272 g/mol. The summed E-state index contributed by atoms with van der Waals surface area (Å²) in [5.74, 6) is 1.72. The summed E-state index contributed by atoms with van der Waals surface area (Å²) in [5, 5.41) is 7.42.